The Morgan fingerprint density at radius 3 is 2.81 bits per heavy atom. The second-order valence-electron chi connectivity index (χ2n) is 3.19. The zero-order valence-electron chi connectivity index (χ0n) is 9.73. The van der Waals surface area contributed by atoms with E-state index in [1.165, 1.54) is 0 Å². The Morgan fingerprint density at radius 2 is 2.19 bits per heavy atom. The fourth-order valence-corrected chi connectivity index (χ4v) is 2.22. The number of methoxy groups -OCH3 is 2. The Balaban J connectivity index is 2.63. The van der Waals surface area contributed by atoms with Crippen molar-refractivity contribution < 1.29 is 9.47 Å². The summed E-state index contributed by atoms with van der Waals surface area (Å²) in [4.78, 5) is 4.30. The van der Waals surface area contributed by atoms with Crippen molar-refractivity contribution in [1.82, 2.24) is 4.98 Å². The molecule has 16 heavy (non-hydrogen) atoms. The highest BCUT2D eigenvalue weighted by atomic mass is 32.2. The number of aromatic nitrogens is 1. The van der Waals surface area contributed by atoms with Crippen LogP contribution in [0.1, 0.15) is 12.1 Å². The third-order valence-corrected chi connectivity index (χ3v) is 3.15. The van der Waals surface area contributed by atoms with E-state index in [1.807, 2.05) is 0 Å². The van der Waals surface area contributed by atoms with Crippen LogP contribution in [-0.4, -0.2) is 31.5 Å². The molecule has 1 aromatic rings. The third-order valence-electron chi connectivity index (χ3n) is 2.10. The molecule has 0 unspecified atom stereocenters. The van der Waals surface area contributed by atoms with Crippen LogP contribution in [0.15, 0.2) is 12.3 Å². The van der Waals surface area contributed by atoms with Gasteiger partial charge in [-0.3, -0.25) is 4.98 Å². The summed E-state index contributed by atoms with van der Waals surface area (Å²) in [5, 5.41) is 0. The first kappa shape index (κ1) is 13.1. The van der Waals surface area contributed by atoms with Crippen molar-refractivity contribution in [1.29, 1.82) is 0 Å². The minimum Gasteiger partial charge on any atom is -0.493 e. The SMILES string of the molecule is COc1ccnc(CSCCCN)c1OC. The number of ether oxygens (including phenoxy) is 2. The number of nitrogens with two attached hydrogens (primary N) is 1. The summed E-state index contributed by atoms with van der Waals surface area (Å²) < 4.78 is 10.5. The molecule has 1 rings (SSSR count). The summed E-state index contributed by atoms with van der Waals surface area (Å²) >= 11 is 1.80. The van der Waals surface area contributed by atoms with Crippen LogP contribution in [0.2, 0.25) is 0 Å². The second kappa shape index (κ2) is 7.35. The molecule has 0 spiro atoms. The van der Waals surface area contributed by atoms with Crippen molar-refractivity contribution >= 4 is 11.8 Å². The highest BCUT2D eigenvalue weighted by Gasteiger charge is 2.10. The van der Waals surface area contributed by atoms with E-state index in [-0.39, 0.29) is 0 Å². The smallest absolute Gasteiger partial charge is 0.183 e. The molecule has 0 aliphatic carbocycles. The first-order chi connectivity index (χ1) is 7.83. The Kier molecular flexibility index (Phi) is 6.03. The predicted molar refractivity (Wildman–Crippen MR) is 67.2 cm³/mol. The van der Waals surface area contributed by atoms with Gasteiger partial charge in [-0.25, -0.2) is 0 Å². The van der Waals surface area contributed by atoms with E-state index in [1.54, 1.807) is 38.2 Å². The monoisotopic (exact) mass is 242 g/mol. The molecule has 0 bridgehead atoms. The lowest BCUT2D eigenvalue weighted by molar-refractivity contribution is 0.350. The van der Waals surface area contributed by atoms with E-state index in [4.69, 9.17) is 15.2 Å². The summed E-state index contributed by atoms with van der Waals surface area (Å²) in [5.41, 5.74) is 6.36. The average molecular weight is 242 g/mol. The molecule has 0 radical (unpaired) electrons. The highest BCUT2D eigenvalue weighted by Crippen LogP contribution is 2.31. The average Bonchev–Trinajstić information content (AvgIpc) is 2.34. The molecule has 90 valence electrons. The van der Waals surface area contributed by atoms with Gasteiger partial charge < -0.3 is 15.2 Å². The maximum Gasteiger partial charge on any atom is 0.183 e. The van der Waals surface area contributed by atoms with Crippen LogP contribution >= 0.6 is 11.8 Å². The van der Waals surface area contributed by atoms with Gasteiger partial charge in [-0.05, 0) is 18.7 Å². The topological polar surface area (TPSA) is 57.4 Å². The van der Waals surface area contributed by atoms with Gasteiger partial charge in [0.1, 0.15) is 0 Å². The number of hydrogen-bond donors (Lipinski definition) is 1. The summed E-state index contributed by atoms with van der Waals surface area (Å²) in [6.45, 7) is 0.732. The summed E-state index contributed by atoms with van der Waals surface area (Å²) in [5.74, 6) is 3.32. The zero-order valence-corrected chi connectivity index (χ0v) is 10.5. The van der Waals surface area contributed by atoms with Crippen LogP contribution in [0, 0.1) is 0 Å². The van der Waals surface area contributed by atoms with Gasteiger partial charge in [0.25, 0.3) is 0 Å². The number of rotatable bonds is 7. The van der Waals surface area contributed by atoms with Crippen molar-refractivity contribution in [2.75, 3.05) is 26.5 Å². The fraction of sp³-hybridized carbons (Fsp3) is 0.545. The maximum atomic E-state index is 5.44. The quantitative estimate of drug-likeness (QED) is 0.737. The molecule has 4 nitrogen and oxygen atoms in total. The lowest BCUT2D eigenvalue weighted by atomic mass is 10.3. The van der Waals surface area contributed by atoms with Crippen LogP contribution < -0.4 is 15.2 Å². The molecule has 0 amide bonds. The van der Waals surface area contributed by atoms with E-state index in [2.05, 4.69) is 4.98 Å². The summed E-state index contributed by atoms with van der Waals surface area (Å²) in [6.07, 6.45) is 2.76. The molecule has 0 fully saturated rings. The van der Waals surface area contributed by atoms with Crippen molar-refractivity contribution in [3.8, 4) is 11.5 Å². The van der Waals surface area contributed by atoms with Crippen molar-refractivity contribution in [2.45, 2.75) is 12.2 Å². The van der Waals surface area contributed by atoms with Crippen molar-refractivity contribution in [2.24, 2.45) is 5.73 Å². The van der Waals surface area contributed by atoms with Crippen LogP contribution in [-0.2, 0) is 5.75 Å². The van der Waals surface area contributed by atoms with Gasteiger partial charge in [0.05, 0.1) is 19.9 Å². The molecule has 0 saturated heterocycles. The van der Waals surface area contributed by atoms with Crippen molar-refractivity contribution in [3.05, 3.63) is 18.0 Å². The van der Waals surface area contributed by atoms with E-state index >= 15 is 0 Å². The first-order valence-corrected chi connectivity index (χ1v) is 6.32. The Labute approximate surface area is 101 Å². The molecule has 2 N–H and O–H groups in total. The molecule has 5 heteroatoms. The van der Waals surface area contributed by atoms with Gasteiger partial charge in [-0.2, -0.15) is 11.8 Å². The minimum atomic E-state index is 0.727. The van der Waals surface area contributed by atoms with Crippen LogP contribution in [0.4, 0.5) is 0 Å². The normalized spacial score (nSPS) is 10.2. The zero-order chi connectivity index (χ0) is 11.8. The van der Waals surface area contributed by atoms with E-state index in [9.17, 15) is 0 Å². The standard InChI is InChI=1S/C11H18N2O2S/c1-14-10-4-6-13-9(11(10)15-2)8-16-7-3-5-12/h4,6H,3,5,7-8,12H2,1-2H3. The van der Waals surface area contributed by atoms with Gasteiger partial charge in [0, 0.05) is 18.0 Å². The third kappa shape index (κ3) is 3.57. The van der Waals surface area contributed by atoms with Gasteiger partial charge >= 0.3 is 0 Å². The maximum absolute atomic E-state index is 5.44. The van der Waals surface area contributed by atoms with Crippen LogP contribution in [0.25, 0.3) is 0 Å². The molecular formula is C11H18N2O2S. The second-order valence-corrected chi connectivity index (χ2v) is 4.29. The minimum absolute atomic E-state index is 0.727. The lowest BCUT2D eigenvalue weighted by Gasteiger charge is -2.11. The van der Waals surface area contributed by atoms with Gasteiger partial charge in [0.2, 0.25) is 0 Å². The Hall–Kier alpha value is -0.940. The summed E-state index contributed by atoms with van der Waals surface area (Å²) in [7, 11) is 3.26. The van der Waals surface area contributed by atoms with Crippen molar-refractivity contribution in [3.63, 3.8) is 0 Å². The van der Waals surface area contributed by atoms with E-state index in [0.717, 1.165) is 41.7 Å². The van der Waals surface area contributed by atoms with Gasteiger partial charge in [-0.1, -0.05) is 0 Å². The molecule has 0 aromatic carbocycles. The molecular weight excluding hydrogens is 224 g/mol. The molecule has 1 aromatic heterocycles. The molecule has 1 heterocycles. The number of thioether (sulfide) groups is 1. The van der Waals surface area contributed by atoms with Crippen LogP contribution in [0.3, 0.4) is 0 Å². The molecule has 0 atom stereocenters. The highest BCUT2D eigenvalue weighted by molar-refractivity contribution is 7.98. The van der Waals surface area contributed by atoms with E-state index in [0.29, 0.717) is 0 Å². The number of pyridine rings is 1. The molecule has 0 saturated carbocycles. The number of hydrogen-bond acceptors (Lipinski definition) is 5. The molecule has 0 aliphatic rings. The number of nitrogens with zero attached hydrogens (tertiary/aromatic N) is 1. The van der Waals surface area contributed by atoms with Gasteiger partial charge in [-0.15, -0.1) is 0 Å². The molecule has 0 aliphatic heterocycles. The van der Waals surface area contributed by atoms with E-state index < -0.39 is 0 Å². The van der Waals surface area contributed by atoms with Gasteiger partial charge in [0.15, 0.2) is 11.5 Å². The fourth-order valence-electron chi connectivity index (χ4n) is 1.31. The Bertz CT molecular complexity index is 321. The predicted octanol–water partition coefficient (Wildman–Crippen LogP) is 1.68. The van der Waals surface area contributed by atoms with Crippen LogP contribution in [0.5, 0.6) is 11.5 Å². The summed E-state index contributed by atoms with van der Waals surface area (Å²) in [6, 6.07) is 1.80. The first-order valence-electron chi connectivity index (χ1n) is 5.17. The lowest BCUT2D eigenvalue weighted by Crippen LogP contribution is -2.01. The Morgan fingerprint density at radius 1 is 1.38 bits per heavy atom. The largest absolute Gasteiger partial charge is 0.493 e.